The Morgan fingerprint density at radius 2 is 2.11 bits per heavy atom. The van der Waals surface area contributed by atoms with Crippen LogP contribution in [0.1, 0.15) is 18.3 Å². The Bertz CT molecular complexity index is 525. The molecule has 2 aromatic rings. The van der Waals surface area contributed by atoms with Crippen molar-refractivity contribution in [1.29, 1.82) is 0 Å². The Labute approximate surface area is 107 Å². The Hall–Kier alpha value is -2.10. The maximum Gasteiger partial charge on any atom is 0.0738 e. The average molecular weight is 242 g/mol. The molecule has 0 saturated carbocycles. The third-order valence-corrected chi connectivity index (χ3v) is 2.85. The summed E-state index contributed by atoms with van der Waals surface area (Å²) in [6, 6.07) is 8.00. The Kier molecular flexibility index (Phi) is 3.77. The van der Waals surface area contributed by atoms with E-state index in [4.69, 9.17) is 5.73 Å². The van der Waals surface area contributed by atoms with Crippen molar-refractivity contribution in [3.05, 3.63) is 48.0 Å². The number of pyridine rings is 2. The van der Waals surface area contributed by atoms with Crippen molar-refractivity contribution in [2.24, 2.45) is 0 Å². The van der Waals surface area contributed by atoms with Gasteiger partial charge in [-0.3, -0.25) is 9.97 Å². The number of hydrogen-bond donors (Lipinski definition) is 1. The largest absolute Gasteiger partial charge is 0.396 e. The van der Waals surface area contributed by atoms with Gasteiger partial charge in [-0.15, -0.1) is 0 Å². The van der Waals surface area contributed by atoms with Gasteiger partial charge in [0.2, 0.25) is 0 Å². The minimum absolute atomic E-state index is 0.701. The summed E-state index contributed by atoms with van der Waals surface area (Å²) in [5.41, 5.74) is 9.75. The second-order valence-electron chi connectivity index (χ2n) is 4.22. The summed E-state index contributed by atoms with van der Waals surface area (Å²) in [6.45, 7) is 5.74. The van der Waals surface area contributed by atoms with Crippen LogP contribution in [0.25, 0.3) is 0 Å². The highest BCUT2D eigenvalue weighted by atomic mass is 15.1. The van der Waals surface area contributed by atoms with Crippen molar-refractivity contribution in [2.45, 2.75) is 20.4 Å². The average Bonchev–Trinajstić information content (AvgIpc) is 2.37. The van der Waals surface area contributed by atoms with Crippen LogP contribution < -0.4 is 10.6 Å². The van der Waals surface area contributed by atoms with Crippen LogP contribution in [0.4, 0.5) is 11.4 Å². The SMILES string of the molecule is CCN(Cc1cccc(C)n1)c1ccncc1N. The number of hydrogen-bond acceptors (Lipinski definition) is 4. The van der Waals surface area contributed by atoms with E-state index in [1.54, 1.807) is 12.4 Å². The van der Waals surface area contributed by atoms with Crippen LogP contribution in [0, 0.1) is 6.92 Å². The van der Waals surface area contributed by atoms with Gasteiger partial charge in [0.1, 0.15) is 0 Å². The van der Waals surface area contributed by atoms with Crippen molar-refractivity contribution in [3.63, 3.8) is 0 Å². The lowest BCUT2D eigenvalue weighted by molar-refractivity contribution is 0.806. The highest BCUT2D eigenvalue weighted by Gasteiger charge is 2.09. The molecule has 0 aromatic carbocycles. The molecule has 0 aliphatic rings. The standard InChI is InChI=1S/C14H18N4/c1-3-18(14-7-8-16-9-13(14)15)10-12-6-4-5-11(2)17-12/h4-9H,3,10,15H2,1-2H3. The molecule has 0 radical (unpaired) electrons. The third-order valence-electron chi connectivity index (χ3n) is 2.85. The predicted molar refractivity (Wildman–Crippen MR) is 74.3 cm³/mol. The number of nitrogen functional groups attached to an aromatic ring is 1. The molecule has 4 heteroatoms. The molecule has 18 heavy (non-hydrogen) atoms. The van der Waals surface area contributed by atoms with Gasteiger partial charge in [0.15, 0.2) is 0 Å². The molecular formula is C14H18N4. The van der Waals surface area contributed by atoms with Crippen molar-refractivity contribution in [1.82, 2.24) is 9.97 Å². The summed E-state index contributed by atoms with van der Waals surface area (Å²) in [5.74, 6) is 0. The maximum atomic E-state index is 5.96. The summed E-state index contributed by atoms with van der Waals surface area (Å²) in [5, 5.41) is 0. The highest BCUT2D eigenvalue weighted by Crippen LogP contribution is 2.22. The van der Waals surface area contributed by atoms with E-state index in [9.17, 15) is 0 Å². The molecule has 94 valence electrons. The van der Waals surface area contributed by atoms with Crippen LogP contribution >= 0.6 is 0 Å². The van der Waals surface area contributed by atoms with Crippen molar-refractivity contribution in [2.75, 3.05) is 17.2 Å². The zero-order chi connectivity index (χ0) is 13.0. The zero-order valence-corrected chi connectivity index (χ0v) is 10.8. The molecule has 0 aliphatic carbocycles. The van der Waals surface area contributed by atoms with Crippen LogP contribution in [0.15, 0.2) is 36.7 Å². The van der Waals surface area contributed by atoms with Gasteiger partial charge in [0.25, 0.3) is 0 Å². The third kappa shape index (κ3) is 2.77. The normalized spacial score (nSPS) is 10.3. The van der Waals surface area contributed by atoms with E-state index in [-0.39, 0.29) is 0 Å². The Morgan fingerprint density at radius 1 is 1.28 bits per heavy atom. The van der Waals surface area contributed by atoms with Crippen molar-refractivity contribution < 1.29 is 0 Å². The van der Waals surface area contributed by atoms with Gasteiger partial charge in [-0.1, -0.05) is 6.07 Å². The van der Waals surface area contributed by atoms with Gasteiger partial charge >= 0.3 is 0 Å². The van der Waals surface area contributed by atoms with Gasteiger partial charge in [-0.25, -0.2) is 0 Å². The summed E-state index contributed by atoms with van der Waals surface area (Å²) in [6.07, 6.45) is 3.44. The first-order chi connectivity index (χ1) is 8.70. The lowest BCUT2D eigenvalue weighted by Crippen LogP contribution is -2.23. The minimum Gasteiger partial charge on any atom is -0.396 e. The van der Waals surface area contributed by atoms with Crippen LogP contribution in [-0.2, 0) is 6.54 Å². The Balaban J connectivity index is 2.23. The van der Waals surface area contributed by atoms with E-state index < -0.39 is 0 Å². The molecule has 0 spiro atoms. The minimum atomic E-state index is 0.701. The molecule has 4 nitrogen and oxygen atoms in total. The van der Waals surface area contributed by atoms with E-state index in [0.717, 1.165) is 30.2 Å². The lowest BCUT2D eigenvalue weighted by atomic mass is 10.2. The topological polar surface area (TPSA) is 55.0 Å². The fourth-order valence-corrected chi connectivity index (χ4v) is 1.94. The van der Waals surface area contributed by atoms with Gasteiger partial charge in [0, 0.05) is 18.4 Å². The molecule has 0 saturated heterocycles. The molecule has 0 bridgehead atoms. The van der Waals surface area contributed by atoms with E-state index in [0.29, 0.717) is 5.69 Å². The van der Waals surface area contributed by atoms with E-state index >= 15 is 0 Å². The smallest absolute Gasteiger partial charge is 0.0738 e. The van der Waals surface area contributed by atoms with Crippen LogP contribution in [0.5, 0.6) is 0 Å². The monoisotopic (exact) mass is 242 g/mol. The van der Waals surface area contributed by atoms with Crippen LogP contribution in [-0.4, -0.2) is 16.5 Å². The quantitative estimate of drug-likeness (QED) is 0.894. The summed E-state index contributed by atoms with van der Waals surface area (Å²) in [4.78, 5) is 10.7. The molecular weight excluding hydrogens is 224 g/mol. The summed E-state index contributed by atoms with van der Waals surface area (Å²) >= 11 is 0. The first kappa shape index (κ1) is 12.4. The summed E-state index contributed by atoms with van der Waals surface area (Å²) < 4.78 is 0. The number of nitrogens with two attached hydrogens (primary N) is 1. The molecule has 0 atom stereocenters. The fourth-order valence-electron chi connectivity index (χ4n) is 1.94. The number of aromatic nitrogens is 2. The maximum absolute atomic E-state index is 5.96. The highest BCUT2D eigenvalue weighted by molar-refractivity contribution is 5.65. The molecule has 2 aromatic heterocycles. The molecule has 2 rings (SSSR count). The van der Waals surface area contributed by atoms with Gasteiger partial charge in [0.05, 0.1) is 29.8 Å². The van der Waals surface area contributed by atoms with Gasteiger partial charge < -0.3 is 10.6 Å². The molecule has 2 N–H and O–H groups in total. The molecule has 0 unspecified atom stereocenters. The zero-order valence-electron chi connectivity index (χ0n) is 10.8. The molecule has 0 aliphatic heterocycles. The van der Waals surface area contributed by atoms with E-state index in [2.05, 4.69) is 21.8 Å². The lowest BCUT2D eigenvalue weighted by Gasteiger charge is -2.24. The Morgan fingerprint density at radius 3 is 2.78 bits per heavy atom. The van der Waals surface area contributed by atoms with Crippen LogP contribution in [0.3, 0.4) is 0 Å². The van der Waals surface area contributed by atoms with Crippen molar-refractivity contribution in [3.8, 4) is 0 Å². The van der Waals surface area contributed by atoms with E-state index in [1.165, 1.54) is 0 Å². The van der Waals surface area contributed by atoms with E-state index in [1.807, 2.05) is 31.2 Å². The predicted octanol–water partition coefficient (Wildman–Crippen LogP) is 2.39. The molecule has 0 amide bonds. The molecule has 2 heterocycles. The second kappa shape index (κ2) is 5.49. The van der Waals surface area contributed by atoms with Crippen molar-refractivity contribution >= 4 is 11.4 Å². The number of nitrogens with zero attached hydrogens (tertiary/aromatic N) is 3. The second-order valence-corrected chi connectivity index (χ2v) is 4.22. The number of aryl methyl sites for hydroxylation is 1. The summed E-state index contributed by atoms with van der Waals surface area (Å²) in [7, 11) is 0. The first-order valence-electron chi connectivity index (χ1n) is 6.07. The van der Waals surface area contributed by atoms with Crippen LogP contribution in [0.2, 0.25) is 0 Å². The molecule has 0 fully saturated rings. The number of rotatable bonds is 4. The number of anilines is 2. The first-order valence-corrected chi connectivity index (χ1v) is 6.07. The fraction of sp³-hybridized carbons (Fsp3) is 0.286. The van der Waals surface area contributed by atoms with Gasteiger partial charge in [-0.05, 0) is 32.0 Å². The van der Waals surface area contributed by atoms with Gasteiger partial charge in [-0.2, -0.15) is 0 Å².